The number of carbonyl (C=O) groups is 1. The molecule has 3 N–H and O–H groups in total. The zero-order valence-corrected chi connectivity index (χ0v) is 18.8. The second-order valence-electron chi connectivity index (χ2n) is 9.20. The number of piperidine rings is 1. The van der Waals surface area contributed by atoms with E-state index in [4.69, 9.17) is 0 Å². The Morgan fingerprint density at radius 1 is 1.09 bits per heavy atom. The Kier molecular flexibility index (Phi) is 4.94. The van der Waals surface area contributed by atoms with E-state index in [0.717, 1.165) is 43.7 Å². The second kappa shape index (κ2) is 8.15. The molecule has 1 spiro atoms. The summed E-state index contributed by atoms with van der Waals surface area (Å²) in [7, 11) is 0. The number of pyridine rings is 1. The average Bonchev–Trinajstić information content (AvgIpc) is 3.59. The van der Waals surface area contributed by atoms with Gasteiger partial charge in [0.25, 0.3) is 5.56 Å². The van der Waals surface area contributed by atoms with Crippen LogP contribution in [0.25, 0.3) is 22.3 Å². The predicted molar refractivity (Wildman–Crippen MR) is 131 cm³/mol. The summed E-state index contributed by atoms with van der Waals surface area (Å²) in [5, 5.41) is 19.2. The summed E-state index contributed by atoms with van der Waals surface area (Å²) < 4.78 is 0. The maximum atomic E-state index is 12.5. The Labute approximate surface area is 200 Å². The zero-order chi connectivity index (χ0) is 24.0. The molecule has 4 aromatic rings. The first-order chi connectivity index (χ1) is 17.0. The van der Waals surface area contributed by atoms with Crippen LogP contribution < -0.4 is 15.8 Å². The van der Waals surface area contributed by atoms with E-state index in [0.29, 0.717) is 28.2 Å². The lowest BCUT2D eigenvalue weighted by Gasteiger charge is -2.33. The second-order valence-corrected chi connectivity index (χ2v) is 9.20. The highest BCUT2D eigenvalue weighted by Crippen LogP contribution is 2.59. The number of nitrogens with zero attached hydrogens (tertiary/aromatic N) is 5. The molecule has 10 heteroatoms. The van der Waals surface area contributed by atoms with E-state index < -0.39 is 5.97 Å². The highest BCUT2D eigenvalue weighted by atomic mass is 16.4. The number of hydrogen-bond acceptors (Lipinski definition) is 8. The first-order valence-electron chi connectivity index (χ1n) is 11.5. The molecule has 1 saturated heterocycles. The summed E-state index contributed by atoms with van der Waals surface area (Å²) in [5.41, 5.74) is 1.56. The summed E-state index contributed by atoms with van der Waals surface area (Å²) >= 11 is 0. The van der Waals surface area contributed by atoms with Crippen molar-refractivity contribution in [3.63, 3.8) is 0 Å². The van der Waals surface area contributed by atoms with Crippen molar-refractivity contribution >= 4 is 34.2 Å². The van der Waals surface area contributed by atoms with Crippen LogP contribution >= 0.6 is 0 Å². The van der Waals surface area contributed by atoms with Crippen molar-refractivity contribution in [2.45, 2.75) is 19.3 Å². The van der Waals surface area contributed by atoms with Gasteiger partial charge in [0.05, 0.1) is 24.0 Å². The molecule has 4 heterocycles. The molecular formula is C25H23N7O3. The minimum Gasteiger partial charge on any atom is -0.481 e. The fourth-order valence-electron chi connectivity index (χ4n) is 5.02. The number of nitrogens with one attached hydrogen (secondary N) is 2. The number of H-pyrrole nitrogens is 1. The summed E-state index contributed by atoms with van der Waals surface area (Å²) in [6.07, 6.45) is 5.76. The molecule has 1 saturated carbocycles. The number of fused-ring (bicyclic) bond motifs is 1. The Bertz CT molecular complexity index is 1460. The molecule has 1 aliphatic heterocycles. The van der Waals surface area contributed by atoms with Gasteiger partial charge in [-0.2, -0.15) is 5.10 Å². The van der Waals surface area contributed by atoms with Gasteiger partial charge in [0.2, 0.25) is 0 Å². The van der Waals surface area contributed by atoms with Gasteiger partial charge in [0.1, 0.15) is 22.5 Å². The van der Waals surface area contributed by atoms with Crippen molar-refractivity contribution in [1.82, 2.24) is 25.1 Å². The molecular weight excluding hydrogens is 446 g/mol. The average molecular weight is 470 g/mol. The molecule has 1 aliphatic carbocycles. The number of rotatable bonds is 5. The molecule has 0 bridgehead atoms. The van der Waals surface area contributed by atoms with Gasteiger partial charge in [-0.05, 0) is 36.8 Å². The van der Waals surface area contributed by atoms with Gasteiger partial charge in [-0.25, -0.2) is 20.1 Å². The summed E-state index contributed by atoms with van der Waals surface area (Å²) in [6.45, 7) is 1.59. The van der Waals surface area contributed by atoms with Crippen molar-refractivity contribution in [3.05, 3.63) is 65.2 Å². The van der Waals surface area contributed by atoms with Crippen LogP contribution in [0.15, 0.2) is 59.7 Å². The maximum Gasteiger partial charge on any atom is 0.307 e. The standard InChI is InChI=1S/C25H23N7O3/c33-23-20-18(14-27-31-23)29-21(15-4-2-1-3-5-15)30-22(20)28-16-6-7-19(26-13-16)32-10-8-25(9-11-32)12-17(25)24(34)35/h1-7,13-14,17H,8-12H2,(H,31,33)(H,34,35)(H,28,29,30)/t17-/m0/s1. The molecule has 10 nitrogen and oxygen atoms in total. The molecule has 3 aromatic heterocycles. The number of benzene rings is 1. The highest BCUT2D eigenvalue weighted by Gasteiger charge is 2.58. The lowest BCUT2D eigenvalue weighted by molar-refractivity contribution is -0.139. The van der Waals surface area contributed by atoms with E-state index in [9.17, 15) is 14.7 Å². The number of aliphatic carboxylic acids is 1. The third kappa shape index (κ3) is 3.86. The molecule has 35 heavy (non-hydrogen) atoms. The van der Waals surface area contributed by atoms with Crippen molar-refractivity contribution in [3.8, 4) is 11.4 Å². The van der Waals surface area contributed by atoms with E-state index in [1.165, 1.54) is 6.20 Å². The number of aromatic amines is 1. The van der Waals surface area contributed by atoms with Gasteiger partial charge >= 0.3 is 5.97 Å². The van der Waals surface area contributed by atoms with Crippen LogP contribution in [0.5, 0.6) is 0 Å². The van der Waals surface area contributed by atoms with Crippen molar-refractivity contribution < 1.29 is 9.90 Å². The molecule has 6 rings (SSSR count). The Morgan fingerprint density at radius 2 is 1.89 bits per heavy atom. The first-order valence-corrected chi connectivity index (χ1v) is 11.5. The highest BCUT2D eigenvalue weighted by molar-refractivity contribution is 5.91. The molecule has 176 valence electrons. The van der Waals surface area contributed by atoms with Gasteiger partial charge in [-0.3, -0.25) is 9.59 Å². The Hall–Kier alpha value is -4.34. The van der Waals surface area contributed by atoms with E-state index in [-0.39, 0.29) is 16.9 Å². The van der Waals surface area contributed by atoms with Crippen LogP contribution in [0.3, 0.4) is 0 Å². The molecule has 1 atom stereocenters. The third-order valence-corrected chi connectivity index (χ3v) is 7.13. The largest absolute Gasteiger partial charge is 0.481 e. The number of carboxylic acid groups (broad SMARTS) is 1. The van der Waals surface area contributed by atoms with Crippen molar-refractivity contribution in [2.75, 3.05) is 23.3 Å². The minimum atomic E-state index is -0.672. The summed E-state index contributed by atoms with van der Waals surface area (Å²) in [4.78, 5) is 39.8. The van der Waals surface area contributed by atoms with Crippen molar-refractivity contribution in [1.29, 1.82) is 0 Å². The zero-order valence-electron chi connectivity index (χ0n) is 18.8. The number of aromatic nitrogens is 5. The Morgan fingerprint density at radius 3 is 2.57 bits per heavy atom. The van der Waals surface area contributed by atoms with Crippen LogP contribution in [0.1, 0.15) is 19.3 Å². The van der Waals surface area contributed by atoms with Gasteiger partial charge in [-0.15, -0.1) is 0 Å². The van der Waals surface area contributed by atoms with E-state index in [1.807, 2.05) is 42.5 Å². The first kappa shape index (κ1) is 21.2. The maximum absolute atomic E-state index is 12.5. The van der Waals surface area contributed by atoms with E-state index >= 15 is 0 Å². The van der Waals surface area contributed by atoms with Crippen LogP contribution in [-0.2, 0) is 4.79 Å². The van der Waals surface area contributed by atoms with E-state index in [1.54, 1.807) is 6.20 Å². The summed E-state index contributed by atoms with van der Waals surface area (Å²) in [6, 6.07) is 13.4. The van der Waals surface area contributed by atoms with E-state index in [2.05, 4.69) is 35.4 Å². The quantitative estimate of drug-likeness (QED) is 0.402. The fraction of sp³-hybridized carbons (Fsp3) is 0.280. The molecule has 2 fully saturated rings. The van der Waals surface area contributed by atoms with Gasteiger partial charge in [0, 0.05) is 18.7 Å². The lowest BCUT2D eigenvalue weighted by Crippen LogP contribution is -2.36. The molecule has 1 aromatic carbocycles. The molecule has 0 unspecified atom stereocenters. The Balaban J connectivity index is 1.24. The van der Waals surface area contributed by atoms with Crippen molar-refractivity contribution in [2.24, 2.45) is 11.3 Å². The molecule has 0 radical (unpaired) electrons. The lowest BCUT2D eigenvalue weighted by atomic mass is 9.91. The molecule has 2 aliphatic rings. The normalized spacial score (nSPS) is 18.5. The topological polar surface area (TPSA) is 137 Å². The van der Waals surface area contributed by atoms with Gasteiger partial charge in [-0.1, -0.05) is 30.3 Å². The van der Waals surface area contributed by atoms with Crippen LogP contribution in [0.4, 0.5) is 17.3 Å². The monoisotopic (exact) mass is 469 g/mol. The third-order valence-electron chi connectivity index (χ3n) is 7.13. The predicted octanol–water partition coefficient (Wildman–Crippen LogP) is 3.21. The van der Waals surface area contributed by atoms with Gasteiger partial charge < -0.3 is 15.3 Å². The number of anilines is 3. The fourth-order valence-corrected chi connectivity index (χ4v) is 5.02. The van der Waals surface area contributed by atoms with Gasteiger partial charge in [0.15, 0.2) is 5.82 Å². The SMILES string of the molecule is O=C(O)[C@@H]1CC12CCN(c1ccc(Nc3nc(-c4ccccc4)nc4cn[nH]c(=O)c34)cn1)CC2. The summed E-state index contributed by atoms with van der Waals surface area (Å²) in [5.74, 6) is 0.845. The number of carboxylic acids is 1. The van der Waals surface area contributed by atoms with Crippen LogP contribution in [0.2, 0.25) is 0 Å². The smallest absolute Gasteiger partial charge is 0.307 e. The minimum absolute atomic E-state index is 0.0176. The number of hydrogen-bond donors (Lipinski definition) is 3. The molecule has 0 amide bonds. The van der Waals surface area contributed by atoms with Crippen LogP contribution in [-0.4, -0.2) is 49.3 Å². The van der Waals surface area contributed by atoms with Crippen LogP contribution in [0, 0.1) is 11.3 Å².